The number of nitrogens with zero attached hydrogens (tertiary/aromatic N) is 3. The van der Waals surface area contributed by atoms with Crippen LogP contribution < -0.4 is 15.5 Å². The molecule has 3 aromatic rings. The highest BCUT2D eigenvalue weighted by Crippen LogP contribution is 2.37. The van der Waals surface area contributed by atoms with Crippen LogP contribution in [0.2, 0.25) is 0 Å². The molecule has 40 heavy (non-hydrogen) atoms. The summed E-state index contributed by atoms with van der Waals surface area (Å²) in [6, 6.07) is 10.9. The van der Waals surface area contributed by atoms with Gasteiger partial charge in [-0.3, -0.25) is 0 Å². The number of benzene rings is 2. The lowest BCUT2D eigenvalue weighted by Crippen LogP contribution is -2.43. The van der Waals surface area contributed by atoms with Crippen LogP contribution >= 0.6 is 0 Å². The van der Waals surface area contributed by atoms with Crippen LogP contribution in [0.3, 0.4) is 0 Å². The topological polar surface area (TPSA) is 114 Å². The van der Waals surface area contributed by atoms with E-state index in [1.807, 2.05) is 31.2 Å². The molecule has 0 spiro atoms. The van der Waals surface area contributed by atoms with Gasteiger partial charge in [0.25, 0.3) is 0 Å². The summed E-state index contributed by atoms with van der Waals surface area (Å²) in [6.07, 6.45) is 5.91. The zero-order valence-corrected chi connectivity index (χ0v) is 23.3. The number of urea groups is 1. The van der Waals surface area contributed by atoms with Gasteiger partial charge in [0.1, 0.15) is 11.6 Å². The number of amides is 2. The van der Waals surface area contributed by atoms with Crippen LogP contribution in [0.25, 0.3) is 22.6 Å². The molecule has 6 rings (SSSR count). The number of carbonyl (C=O) groups excluding carboxylic acids is 1. The van der Waals surface area contributed by atoms with Gasteiger partial charge in [0.2, 0.25) is 0 Å². The largest absolute Gasteiger partial charge is 0.371 e. The Hall–Kier alpha value is -3.57. The van der Waals surface area contributed by atoms with Gasteiger partial charge in [-0.25, -0.2) is 27.6 Å². The zero-order valence-electron chi connectivity index (χ0n) is 22.5. The maximum atomic E-state index is 14.5. The molecule has 0 radical (unpaired) electrons. The fraction of sp³-hybridized carbons (Fsp3) is 0.414. The molecule has 2 aromatic carbocycles. The van der Waals surface area contributed by atoms with Crippen LogP contribution in [0.1, 0.15) is 38.2 Å². The molecule has 9 nitrogen and oxygen atoms in total. The smallest absolute Gasteiger partial charge is 0.319 e. The van der Waals surface area contributed by atoms with Gasteiger partial charge >= 0.3 is 6.03 Å². The Labute approximate surface area is 233 Å². The lowest BCUT2D eigenvalue weighted by molar-refractivity contribution is 0.0302. The fourth-order valence-electron chi connectivity index (χ4n) is 5.50. The molecular weight excluding hydrogens is 533 g/mol. The Morgan fingerprint density at radius 2 is 1.75 bits per heavy atom. The summed E-state index contributed by atoms with van der Waals surface area (Å²) in [4.78, 5) is 24.1. The minimum Gasteiger partial charge on any atom is -0.371 e. The number of sulfone groups is 1. The number of aromatic nitrogens is 2. The summed E-state index contributed by atoms with van der Waals surface area (Å²) in [6.45, 7) is 3.36. The van der Waals surface area contributed by atoms with Gasteiger partial charge in [-0.2, -0.15) is 0 Å². The summed E-state index contributed by atoms with van der Waals surface area (Å²) in [5, 5.41) is 5.76. The van der Waals surface area contributed by atoms with Gasteiger partial charge in [-0.15, -0.1) is 0 Å². The number of ether oxygens (including phenoxy) is 1. The van der Waals surface area contributed by atoms with Crippen molar-refractivity contribution in [2.45, 2.75) is 62.2 Å². The summed E-state index contributed by atoms with van der Waals surface area (Å²) in [5.41, 5.74) is 3.10. The Bertz CT molecular complexity index is 1550. The number of morpholine rings is 1. The van der Waals surface area contributed by atoms with E-state index >= 15 is 0 Å². The van der Waals surface area contributed by atoms with Gasteiger partial charge in [0, 0.05) is 47.8 Å². The highest BCUT2D eigenvalue weighted by atomic mass is 32.2. The second-order valence-electron chi connectivity index (χ2n) is 10.8. The van der Waals surface area contributed by atoms with Crippen LogP contribution in [0, 0.1) is 5.82 Å². The lowest BCUT2D eigenvalue weighted by atomic mass is 10.0. The number of hydrogen-bond acceptors (Lipinski definition) is 7. The van der Waals surface area contributed by atoms with E-state index in [0.717, 1.165) is 49.1 Å². The molecule has 3 aliphatic rings. The SMILES string of the molecule is CCc1c(-c2ccc(NC(=O)NC3CC3)cc2)nc(-c2cc(F)ccc2S(C)(=O)=O)nc1N1CC2CCC(C1)O2. The van der Waals surface area contributed by atoms with E-state index in [1.165, 1.54) is 12.1 Å². The maximum Gasteiger partial charge on any atom is 0.319 e. The molecule has 1 aliphatic carbocycles. The molecular formula is C29H32FN5O4S. The molecule has 2 atom stereocenters. The molecule has 3 heterocycles. The Kier molecular flexibility index (Phi) is 6.95. The summed E-state index contributed by atoms with van der Waals surface area (Å²) in [7, 11) is -3.68. The van der Waals surface area contributed by atoms with Crippen LogP contribution in [0.5, 0.6) is 0 Å². The molecule has 210 valence electrons. The van der Waals surface area contributed by atoms with E-state index in [9.17, 15) is 17.6 Å². The van der Waals surface area contributed by atoms with Crippen molar-refractivity contribution in [1.29, 1.82) is 0 Å². The van der Waals surface area contributed by atoms with Crippen LogP contribution in [0.4, 0.5) is 20.7 Å². The second-order valence-corrected chi connectivity index (χ2v) is 12.8. The third-order valence-corrected chi connectivity index (χ3v) is 8.75. The monoisotopic (exact) mass is 565 g/mol. The van der Waals surface area contributed by atoms with Crippen LogP contribution in [0.15, 0.2) is 47.4 Å². The third kappa shape index (κ3) is 5.53. The number of hydrogen-bond donors (Lipinski definition) is 2. The normalized spacial score (nSPS) is 20.4. The minimum atomic E-state index is -3.68. The van der Waals surface area contributed by atoms with E-state index < -0.39 is 15.7 Å². The van der Waals surface area contributed by atoms with Crippen molar-refractivity contribution in [2.24, 2.45) is 0 Å². The molecule has 2 amide bonds. The predicted octanol–water partition coefficient (Wildman–Crippen LogP) is 4.57. The van der Waals surface area contributed by atoms with Gasteiger partial charge in [0.15, 0.2) is 15.7 Å². The molecule has 1 aromatic heterocycles. The number of halogens is 1. The number of anilines is 2. The first-order valence-corrected chi connectivity index (χ1v) is 15.6. The summed E-state index contributed by atoms with van der Waals surface area (Å²) in [5.74, 6) is 0.280. The molecule has 1 saturated carbocycles. The maximum absolute atomic E-state index is 14.5. The first-order chi connectivity index (χ1) is 19.2. The van der Waals surface area contributed by atoms with E-state index in [2.05, 4.69) is 15.5 Å². The average molecular weight is 566 g/mol. The Morgan fingerprint density at radius 1 is 1.05 bits per heavy atom. The van der Waals surface area contributed by atoms with Crippen molar-refractivity contribution in [1.82, 2.24) is 15.3 Å². The Balaban J connectivity index is 1.46. The van der Waals surface area contributed by atoms with Crippen molar-refractivity contribution in [2.75, 3.05) is 29.6 Å². The summed E-state index contributed by atoms with van der Waals surface area (Å²) >= 11 is 0. The highest BCUT2D eigenvalue weighted by Gasteiger charge is 2.36. The van der Waals surface area contributed by atoms with Crippen molar-refractivity contribution in [3.05, 3.63) is 53.8 Å². The van der Waals surface area contributed by atoms with E-state index in [-0.39, 0.29) is 40.6 Å². The van der Waals surface area contributed by atoms with Crippen LogP contribution in [-0.4, -0.2) is 62.0 Å². The molecule has 2 unspecified atom stereocenters. The first-order valence-electron chi connectivity index (χ1n) is 13.7. The third-order valence-electron chi connectivity index (χ3n) is 7.59. The second kappa shape index (κ2) is 10.4. The van der Waals surface area contributed by atoms with Crippen LogP contribution in [-0.2, 0) is 21.0 Å². The molecule has 3 fully saturated rings. The minimum absolute atomic E-state index is 0.0293. The van der Waals surface area contributed by atoms with Crippen molar-refractivity contribution < 1.29 is 22.3 Å². The fourth-order valence-corrected chi connectivity index (χ4v) is 6.36. The highest BCUT2D eigenvalue weighted by molar-refractivity contribution is 7.90. The van der Waals surface area contributed by atoms with E-state index in [0.29, 0.717) is 36.7 Å². The quantitative estimate of drug-likeness (QED) is 0.404. The molecule has 2 N–H and O–H groups in total. The summed E-state index contributed by atoms with van der Waals surface area (Å²) < 4.78 is 45.8. The molecule has 2 saturated heterocycles. The molecule has 2 bridgehead atoms. The number of fused-ring (bicyclic) bond motifs is 2. The number of carbonyl (C=O) groups is 1. The van der Waals surface area contributed by atoms with Gasteiger partial charge in [0.05, 0.1) is 22.8 Å². The van der Waals surface area contributed by atoms with Gasteiger partial charge in [-0.05, 0) is 62.4 Å². The number of nitrogens with one attached hydrogen (secondary N) is 2. The van der Waals surface area contributed by atoms with Crippen molar-refractivity contribution in [3.63, 3.8) is 0 Å². The van der Waals surface area contributed by atoms with Gasteiger partial charge < -0.3 is 20.3 Å². The molecule has 2 aliphatic heterocycles. The standard InChI is InChI=1S/C29H32FN5O4S/c1-3-23-26(17-4-7-19(8-5-17)31-29(36)32-20-9-10-20)33-27(24-14-18(30)6-13-25(24)40(2,37)38)34-28(23)35-15-21-11-12-22(16-35)39-21/h4-8,13-14,20-22H,3,9-12,15-16H2,1-2H3,(H2,31,32,36). The van der Waals surface area contributed by atoms with Crippen molar-refractivity contribution in [3.8, 4) is 22.6 Å². The number of rotatable bonds is 7. The lowest BCUT2D eigenvalue weighted by Gasteiger charge is -2.34. The molecule has 11 heteroatoms. The Morgan fingerprint density at radius 3 is 2.38 bits per heavy atom. The average Bonchev–Trinajstić information content (AvgIpc) is 3.68. The van der Waals surface area contributed by atoms with E-state index in [4.69, 9.17) is 14.7 Å². The van der Waals surface area contributed by atoms with Crippen molar-refractivity contribution >= 4 is 27.4 Å². The van der Waals surface area contributed by atoms with E-state index in [1.54, 1.807) is 0 Å². The predicted molar refractivity (Wildman–Crippen MR) is 151 cm³/mol. The van der Waals surface area contributed by atoms with Gasteiger partial charge in [-0.1, -0.05) is 19.1 Å². The first kappa shape index (κ1) is 26.6. The zero-order chi connectivity index (χ0) is 28.0.